The summed E-state index contributed by atoms with van der Waals surface area (Å²) in [5.41, 5.74) is 0.929. The van der Waals surface area contributed by atoms with Gasteiger partial charge in [-0.15, -0.1) is 0 Å². The normalized spacial score (nSPS) is 18.7. The van der Waals surface area contributed by atoms with Crippen molar-refractivity contribution < 1.29 is 19.4 Å². The van der Waals surface area contributed by atoms with Crippen LogP contribution in [0.5, 0.6) is 5.75 Å². The summed E-state index contributed by atoms with van der Waals surface area (Å²) in [5, 5.41) is 10.8. The fourth-order valence-electron chi connectivity index (χ4n) is 2.20. The van der Waals surface area contributed by atoms with Crippen LogP contribution in [0, 0.1) is 5.92 Å². The first-order valence-corrected chi connectivity index (χ1v) is 6.30. The molecule has 1 amide bonds. The highest BCUT2D eigenvalue weighted by Crippen LogP contribution is 2.21. The van der Waals surface area contributed by atoms with Gasteiger partial charge in [0, 0.05) is 31.4 Å². The van der Waals surface area contributed by atoms with Crippen molar-refractivity contribution in [2.75, 3.05) is 13.2 Å². The Morgan fingerprint density at radius 1 is 1.53 bits per heavy atom. The fraction of sp³-hybridized carbons (Fsp3) is 0.429. The minimum Gasteiger partial charge on any atom is -0.550 e. The molecule has 0 unspecified atom stereocenters. The summed E-state index contributed by atoms with van der Waals surface area (Å²) in [4.78, 5) is 24.0. The van der Waals surface area contributed by atoms with E-state index >= 15 is 0 Å². The Balaban J connectivity index is 2.03. The average Bonchev–Trinajstić information content (AvgIpc) is 2.72. The molecular formula is C14H16NO4-. The quantitative estimate of drug-likeness (QED) is 0.759. The third-order valence-electron chi connectivity index (χ3n) is 3.13. The standard InChI is InChI=1S/C14H17NO4/c1-2-19-12-5-3-4-10(6-12)8-15-9-11(14(17)18)7-13(15)16/h3-6,11H,2,7-9H2,1H3,(H,17,18)/p-1/t11-/m1/s1. The number of carbonyl (C=O) groups excluding carboxylic acids is 2. The number of carbonyl (C=O) groups is 2. The molecule has 1 aliphatic heterocycles. The maximum atomic E-state index is 11.7. The van der Waals surface area contributed by atoms with Gasteiger partial charge < -0.3 is 19.5 Å². The van der Waals surface area contributed by atoms with Gasteiger partial charge in [-0.25, -0.2) is 0 Å². The zero-order valence-corrected chi connectivity index (χ0v) is 10.8. The molecule has 0 spiro atoms. The molecule has 1 heterocycles. The van der Waals surface area contributed by atoms with Crippen molar-refractivity contribution in [2.24, 2.45) is 5.92 Å². The van der Waals surface area contributed by atoms with Gasteiger partial charge in [0.05, 0.1) is 6.61 Å². The Morgan fingerprint density at radius 2 is 2.32 bits per heavy atom. The molecule has 5 nitrogen and oxygen atoms in total. The lowest BCUT2D eigenvalue weighted by molar-refractivity contribution is -0.311. The van der Waals surface area contributed by atoms with E-state index in [-0.39, 0.29) is 18.9 Å². The molecule has 0 radical (unpaired) electrons. The van der Waals surface area contributed by atoms with Crippen LogP contribution in [0.3, 0.4) is 0 Å². The van der Waals surface area contributed by atoms with E-state index in [0.717, 1.165) is 11.3 Å². The predicted octanol–water partition coefficient (Wildman–Crippen LogP) is 0.184. The number of nitrogens with zero attached hydrogens (tertiary/aromatic N) is 1. The minimum atomic E-state index is -1.15. The molecular weight excluding hydrogens is 246 g/mol. The molecule has 0 N–H and O–H groups in total. The van der Waals surface area contributed by atoms with Gasteiger partial charge >= 0.3 is 0 Å². The number of rotatable bonds is 5. The Kier molecular flexibility index (Phi) is 4.04. The van der Waals surface area contributed by atoms with Gasteiger partial charge in [-0.2, -0.15) is 0 Å². The highest BCUT2D eigenvalue weighted by Gasteiger charge is 2.30. The summed E-state index contributed by atoms with van der Waals surface area (Å²) in [6.07, 6.45) is 0.0352. The molecule has 1 atom stereocenters. The Hall–Kier alpha value is -2.04. The van der Waals surface area contributed by atoms with Gasteiger partial charge in [-0.1, -0.05) is 12.1 Å². The second kappa shape index (κ2) is 5.73. The topological polar surface area (TPSA) is 69.7 Å². The maximum absolute atomic E-state index is 11.7. The lowest BCUT2D eigenvalue weighted by atomic mass is 10.1. The SMILES string of the molecule is CCOc1cccc(CN2C[C@H](C(=O)[O-])CC2=O)c1. The molecule has 0 bridgehead atoms. The van der Waals surface area contributed by atoms with Crippen LogP contribution in [0.25, 0.3) is 0 Å². The molecule has 5 heteroatoms. The van der Waals surface area contributed by atoms with Crippen molar-refractivity contribution in [3.63, 3.8) is 0 Å². The second-order valence-corrected chi connectivity index (χ2v) is 4.57. The number of hydrogen-bond acceptors (Lipinski definition) is 4. The van der Waals surface area contributed by atoms with Crippen LogP contribution in [-0.2, 0) is 16.1 Å². The smallest absolute Gasteiger partial charge is 0.223 e. The molecule has 2 rings (SSSR count). The molecule has 19 heavy (non-hydrogen) atoms. The Labute approximate surface area is 111 Å². The van der Waals surface area contributed by atoms with Gasteiger partial charge in [-0.05, 0) is 24.6 Å². The summed E-state index contributed by atoms with van der Waals surface area (Å²) < 4.78 is 5.39. The number of carboxylic acids is 1. The first kappa shape index (κ1) is 13.4. The largest absolute Gasteiger partial charge is 0.550 e. The first-order valence-electron chi connectivity index (χ1n) is 6.30. The van der Waals surface area contributed by atoms with Crippen LogP contribution in [0.15, 0.2) is 24.3 Å². The summed E-state index contributed by atoms with van der Waals surface area (Å²) in [5.74, 6) is -1.24. The number of likely N-dealkylation sites (tertiary alicyclic amines) is 1. The van der Waals surface area contributed by atoms with E-state index in [9.17, 15) is 14.7 Å². The molecule has 0 saturated carbocycles. The molecule has 0 aromatic heterocycles. The average molecular weight is 262 g/mol. The molecule has 1 fully saturated rings. The van der Waals surface area contributed by atoms with E-state index < -0.39 is 11.9 Å². The van der Waals surface area contributed by atoms with E-state index in [1.165, 1.54) is 0 Å². The first-order chi connectivity index (χ1) is 9.10. The van der Waals surface area contributed by atoms with Gasteiger partial charge in [0.25, 0.3) is 0 Å². The monoisotopic (exact) mass is 262 g/mol. The van der Waals surface area contributed by atoms with E-state index in [0.29, 0.717) is 13.2 Å². The number of benzene rings is 1. The zero-order valence-electron chi connectivity index (χ0n) is 10.8. The number of ether oxygens (including phenoxy) is 1. The Morgan fingerprint density at radius 3 is 2.95 bits per heavy atom. The number of carboxylic acid groups (broad SMARTS) is 1. The van der Waals surface area contributed by atoms with Crippen molar-refractivity contribution in [1.82, 2.24) is 4.90 Å². The van der Waals surface area contributed by atoms with Crippen molar-refractivity contribution in [3.05, 3.63) is 29.8 Å². The van der Waals surface area contributed by atoms with Crippen LogP contribution in [0.1, 0.15) is 18.9 Å². The summed E-state index contributed by atoms with van der Waals surface area (Å²) in [6, 6.07) is 7.46. The van der Waals surface area contributed by atoms with Gasteiger partial charge in [0.15, 0.2) is 0 Å². The van der Waals surface area contributed by atoms with Crippen LogP contribution >= 0.6 is 0 Å². The minimum absolute atomic E-state index is 0.0352. The molecule has 102 valence electrons. The van der Waals surface area contributed by atoms with E-state index in [1.54, 1.807) is 4.90 Å². The molecule has 0 aliphatic carbocycles. The van der Waals surface area contributed by atoms with Gasteiger partial charge in [0.1, 0.15) is 5.75 Å². The van der Waals surface area contributed by atoms with Crippen LogP contribution in [-0.4, -0.2) is 29.9 Å². The number of hydrogen-bond donors (Lipinski definition) is 0. The third-order valence-corrected chi connectivity index (χ3v) is 3.13. The maximum Gasteiger partial charge on any atom is 0.223 e. The van der Waals surface area contributed by atoms with Crippen molar-refractivity contribution in [3.8, 4) is 5.75 Å². The van der Waals surface area contributed by atoms with Crippen molar-refractivity contribution in [2.45, 2.75) is 19.9 Å². The van der Waals surface area contributed by atoms with E-state index in [1.807, 2.05) is 31.2 Å². The molecule has 1 aromatic carbocycles. The lowest BCUT2D eigenvalue weighted by Crippen LogP contribution is -2.33. The lowest BCUT2D eigenvalue weighted by Gasteiger charge is -2.17. The molecule has 1 aliphatic rings. The third kappa shape index (κ3) is 3.24. The molecule has 1 aromatic rings. The highest BCUT2D eigenvalue weighted by atomic mass is 16.5. The predicted molar refractivity (Wildman–Crippen MR) is 66.1 cm³/mol. The molecule has 1 saturated heterocycles. The van der Waals surface area contributed by atoms with Crippen LogP contribution in [0.2, 0.25) is 0 Å². The Bertz CT molecular complexity index is 486. The summed E-state index contributed by atoms with van der Waals surface area (Å²) in [6.45, 7) is 3.11. The van der Waals surface area contributed by atoms with Crippen molar-refractivity contribution >= 4 is 11.9 Å². The van der Waals surface area contributed by atoms with Crippen LogP contribution < -0.4 is 9.84 Å². The van der Waals surface area contributed by atoms with Gasteiger partial charge in [0.2, 0.25) is 5.91 Å². The summed E-state index contributed by atoms with van der Waals surface area (Å²) >= 11 is 0. The fourth-order valence-corrected chi connectivity index (χ4v) is 2.20. The van der Waals surface area contributed by atoms with E-state index in [4.69, 9.17) is 4.74 Å². The highest BCUT2D eigenvalue weighted by molar-refractivity contribution is 5.85. The number of aliphatic carboxylic acids is 1. The van der Waals surface area contributed by atoms with Crippen molar-refractivity contribution in [1.29, 1.82) is 0 Å². The second-order valence-electron chi connectivity index (χ2n) is 4.57. The number of amides is 1. The van der Waals surface area contributed by atoms with Gasteiger partial charge in [-0.3, -0.25) is 4.79 Å². The zero-order chi connectivity index (χ0) is 13.8. The van der Waals surface area contributed by atoms with Crippen LogP contribution in [0.4, 0.5) is 0 Å². The van der Waals surface area contributed by atoms with E-state index in [2.05, 4.69) is 0 Å². The summed E-state index contributed by atoms with van der Waals surface area (Å²) in [7, 11) is 0.